The summed E-state index contributed by atoms with van der Waals surface area (Å²) in [5.41, 5.74) is 4.29. The Morgan fingerprint density at radius 2 is 2.03 bits per heavy atom. The van der Waals surface area contributed by atoms with Crippen molar-refractivity contribution in [2.24, 2.45) is 0 Å². The van der Waals surface area contributed by atoms with Gasteiger partial charge in [-0.2, -0.15) is 4.98 Å². The maximum absolute atomic E-state index is 12.5. The first-order chi connectivity index (χ1) is 17.6. The molecule has 1 unspecified atom stereocenters. The highest BCUT2D eigenvalue weighted by Crippen LogP contribution is 2.36. The van der Waals surface area contributed by atoms with Gasteiger partial charge in [-0.15, -0.1) is 0 Å². The fraction of sp³-hybridized carbons (Fsp3) is 0.240. The molecule has 4 aromatic rings. The van der Waals surface area contributed by atoms with E-state index in [1.807, 2.05) is 37.4 Å². The number of hydrogen-bond donors (Lipinski definition) is 2. The number of alkyl halides is 1. The Balaban J connectivity index is 1.47. The average molecular weight is 511 g/mol. The third-order valence-electron chi connectivity index (χ3n) is 5.91. The van der Waals surface area contributed by atoms with Crippen LogP contribution in [0.1, 0.15) is 22.7 Å². The number of benzene rings is 2. The smallest absolute Gasteiger partial charge is 0.229 e. The van der Waals surface area contributed by atoms with Gasteiger partial charge >= 0.3 is 0 Å². The minimum Gasteiger partial charge on any atom is -0.494 e. The summed E-state index contributed by atoms with van der Waals surface area (Å²) in [7, 11) is 3.41. The van der Waals surface area contributed by atoms with Crippen LogP contribution in [0.5, 0.6) is 11.5 Å². The molecule has 0 spiro atoms. The third-order valence-corrected chi connectivity index (χ3v) is 6.10. The van der Waals surface area contributed by atoms with Crippen LogP contribution in [0.25, 0.3) is 5.69 Å². The molecule has 1 aliphatic rings. The fourth-order valence-corrected chi connectivity index (χ4v) is 4.34. The van der Waals surface area contributed by atoms with Crippen molar-refractivity contribution in [1.82, 2.24) is 19.5 Å². The molecule has 0 saturated heterocycles. The lowest BCUT2D eigenvalue weighted by atomic mass is 9.91. The number of hydrogen-bond acceptors (Lipinski definition) is 8. The second kappa shape index (κ2) is 10.4. The van der Waals surface area contributed by atoms with Crippen LogP contribution in [0, 0.1) is 0 Å². The van der Waals surface area contributed by atoms with E-state index in [0.29, 0.717) is 41.6 Å². The number of fused-ring (bicyclic) bond motifs is 1. The van der Waals surface area contributed by atoms with Gasteiger partial charge in [0.2, 0.25) is 12.8 Å². The lowest BCUT2D eigenvalue weighted by Gasteiger charge is -2.27. The molecule has 9 nitrogen and oxygen atoms in total. The monoisotopic (exact) mass is 510 g/mol. The summed E-state index contributed by atoms with van der Waals surface area (Å²) < 4.78 is 30.7. The second-order valence-corrected chi connectivity index (χ2v) is 8.40. The van der Waals surface area contributed by atoms with E-state index >= 15 is 0 Å². The molecule has 0 bridgehead atoms. The third kappa shape index (κ3) is 4.77. The van der Waals surface area contributed by atoms with Crippen LogP contribution in [0.2, 0.25) is 5.15 Å². The van der Waals surface area contributed by atoms with Crippen molar-refractivity contribution in [1.29, 1.82) is 0 Å². The summed E-state index contributed by atoms with van der Waals surface area (Å²) in [6.07, 6.45) is 3.33. The zero-order valence-corrected chi connectivity index (χ0v) is 20.4. The molecule has 1 aliphatic heterocycles. The first kappa shape index (κ1) is 23.8. The highest BCUT2D eigenvalue weighted by Gasteiger charge is 2.28. The second-order valence-electron chi connectivity index (χ2n) is 8.02. The molecule has 0 amide bonds. The molecule has 0 aliphatic carbocycles. The predicted octanol–water partition coefficient (Wildman–Crippen LogP) is 5.08. The van der Waals surface area contributed by atoms with Crippen molar-refractivity contribution >= 4 is 29.1 Å². The minimum absolute atomic E-state index is 0.119. The lowest BCUT2D eigenvalue weighted by Crippen LogP contribution is -2.22. The van der Waals surface area contributed by atoms with Crippen LogP contribution < -0.4 is 20.1 Å². The maximum Gasteiger partial charge on any atom is 0.229 e. The molecule has 5 rings (SSSR count). The summed E-state index contributed by atoms with van der Waals surface area (Å²) in [5, 5.41) is 6.84. The van der Waals surface area contributed by atoms with Crippen molar-refractivity contribution in [3.8, 4) is 17.2 Å². The van der Waals surface area contributed by atoms with Crippen molar-refractivity contribution < 1.29 is 18.6 Å². The van der Waals surface area contributed by atoms with E-state index in [4.69, 9.17) is 30.8 Å². The highest BCUT2D eigenvalue weighted by molar-refractivity contribution is 6.29. The number of anilines is 3. The van der Waals surface area contributed by atoms with Crippen LogP contribution in [0.4, 0.5) is 21.8 Å². The normalized spacial score (nSPS) is 14.7. The SMILES string of the molecule is CNc1nc(Nc2ccc(-n3cnc(Cl)c3)c(OC)c2)nc2c1COCC2c1ccc(OCF)cc1. The number of nitrogens with one attached hydrogen (secondary N) is 2. The van der Waals surface area contributed by atoms with Gasteiger partial charge in [0.1, 0.15) is 28.8 Å². The van der Waals surface area contributed by atoms with Crippen molar-refractivity contribution in [3.63, 3.8) is 0 Å². The van der Waals surface area contributed by atoms with Crippen LogP contribution in [-0.4, -0.2) is 47.1 Å². The minimum atomic E-state index is -0.871. The van der Waals surface area contributed by atoms with E-state index < -0.39 is 6.86 Å². The Hall–Kier alpha value is -3.89. The van der Waals surface area contributed by atoms with Crippen molar-refractivity contribution in [2.75, 3.05) is 38.3 Å². The highest BCUT2D eigenvalue weighted by atomic mass is 35.5. The van der Waals surface area contributed by atoms with E-state index in [1.165, 1.54) is 0 Å². The number of nitrogens with zero attached hydrogens (tertiary/aromatic N) is 4. The molecule has 2 aromatic heterocycles. The van der Waals surface area contributed by atoms with E-state index in [1.54, 1.807) is 36.3 Å². The molecule has 2 N–H and O–H groups in total. The predicted molar refractivity (Wildman–Crippen MR) is 135 cm³/mol. The first-order valence-corrected chi connectivity index (χ1v) is 11.6. The Kier molecular flexibility index (Phi) is 6.88. The summed E-state index contributed by atoms with van der Waals surface area (Å²) >= 11 is 5.97. The molecule has 0 saturated carbocycles. The number of rotatable bonds is 8. The number of halogens is 2. The molecule has 3 heterocycles. The molecule has 36 heavy (non-hydrogen) atoms. The lowest BCUT2D eigenvalue weighted by molar-refractivity contribution is 0.0978. The van der Waals surface area contributed by atoms with E-state index in [0.717, 1.165) is 28.2 Å². The zero-order chi connectivity index (χ0) is 25.1. The van der Waals surface area contributed by atoms with Gasteiger partial charge in [-0.1, -0.05) is 23.7 Å². The molecule has 0 fully saturated rings. The molecule has 1 atom stereocenters. The summed E-state index contributed by atoms with van der Waals surface area (Å²) in [4.78, 5) is 13.6. The maximum atomic E-state index is 12.5. The molecular weight excluding hydrogens is 487 g/mol. The summed E-state index contributed by atoms with van der Waals surface area (Å²) in [6, 6.07) is 12.9. The van der Waals surface area contributed by atoms with Crippen molar-refractivity contribution in [2.45, 2.75) is 12.5 Å². The van der Waals surface area contributed by atoms with Crippen LogP contribution in [0.15, 0.2) is 55.0 Å². The Morgan fingerprint density at radius 3 is 2.72 bits per heavy atom. The molecular formula is C25H24ClFN6O3. The Labute approximate surface area is 212 Å². The number of imidazole rings is 1. The quantitative estimate of drug-likeness (QED) is 0.339. The number of ether oxygens (including phenoxy) is 3. The average Bonchev–Trinajstić information content (AvgIpc) is 3.34. The van der Waals surface area contributed by atoms with Gasteiger partial charge < -0.3 is 29.4 Å². The van der Waals surface area contributed by atoms with Gasteiger partial charge in [0, 0.05) is 30.6 Å². The van der Waals surface area contributed by atoms with Crippen molar-refractivity contribution in [3.05, 3.63) is 77.0 Å². The number of methoxy groups -OCH3 is 1. The van der Waals surface area contributed by atoms with Crippen LogP contribution >= 0.6 is 11.6 Å². The summed E-state index contributed by atoms with van der Waals surface area (Å²) in [5.74, 6) is 2.09. The van der Waals surface area contributed by atoms with Gasteiger partial charge in [-0.3, -0.25) is 0 Å². The van der Waals surface area contributed by atoms with E-state index in [-0.39, 0.29) is 5.92 Å². The van der Waals surface area contributed by atoms with Gasteiger partial charge in [0.15, 0.2) is 0 Å². The number of aromatic nitrogens is 4. The van der Waals surface area contributed by atoms with E-state index in [9.17, 15) is 4.39 Å². The Morgan fingerprint density at radius 1 is 1.19 bits per heavy atom. The Bertz CT molecular complexity index is 1360. The van der Waals surface area contributed by atoms with Gasteiger partial charge in [-0.25, -0.2) is 14.4 Å². The standard InChI is InChI=1S/C25H24ClFN6O3/c1-28-24-19-12-35-11-18(15-3-6-17(7-4-15)36-13-27)23(19)31-25(32-24)30-16-5-8-20(21(9-16)34-2)33-10-22(26)29-14-33/h3-10,14,18H,11-13H2,1-2H3,(H2,28,30,31,32). The van der Waals surface area contributed by atoms with Gasteiger partial charge in [0.05, 0.1) is 37.6 Å². The van der Waals surface area contributed by atoms with Gasteiger partial charge in [-0.05, 0) is 29.8 Å². The molecule has 2 aromatic carbocycles. The van der Waals surface area contributed by atoms with Crippen LogP contribution in [0.3, 0.4) is 0 Å². The fourth-order valence-electron chi connectivity index (χ4n) is 4.19. The molecule has 0 radical (unpaired) electrons. The van der Waals surface area contributed by atoms with Crippen LogP contribution in [-0.2, 0) is 11.3 Å². The van der Waals surface area contributed by atoms with Gasteiger partial charge in [0.25, 0.3) is 0 Å². The summed E-state index contributed by atoms with van der Waals surface area (Å²) in [6.45, 7) is -0.00242. The first-order valence-electron chi connectivity index (χ1n) is 11.2. The largest absolute Gasteiger partial charge is 0.494 e. The van der Waals surface area contributed by atoms with E-state index in [2.05, 4.69) is 20.6 Å². The topological polar surface area (TPSA) is 95.4 Å². The molecule has 186 valence electrons. The molecule has 11 heteroatoms. The zero-order valence-electron chi connectivity index (χ0n) is 19.7.